The van der Waals surface area contributed by atoms with E-state index in [1.165, 1.54) is 34.1 Å². The van der Waals surface area contributed by atoms with Crippen molar-refractivity contribution in [3.05, 3.63) is 65.5 Å². The van der Waals surface area contributed by atoms with Gasteiger partial charge in [0.1, 0.15) is 30.2 Å². The van der Waals surface area contributed by atoms with Crippen LogP contribution in [0.2, 0.25) is 0 Å². The molecule has 0 aliphatic carbocycles. The minimum atomic E-state index is -0.952. The summed E-state index contributed by atoms with van der Waals surface area (Å²) in [5.41, 5.74) is 0.370. The first kappa shape index (κ1) is 27.6. The Morgan fingerprint density at radius 3 is 2.52 bits per heavy atom. The molecule has 3 amide bonds. The van der Waals surface area contributed by atoms with E-state index in [4.69, 9.17) is 0 Å². The number of fused-ring (bicyclic) bond motifs is 2. The van der Waals surface area contributed by atoms with Crippen LogP contribution in [0.5, 0.6) is 0 Å². The summed E-state index contributed by atoms with van der Waals surface area (Å²) in [6, 6.07) is 12.3. The first-order valence-electron chi connectivity index (χ1n) is 13.6. The predicted molar refractivity (Wildman–Crippen MR) is 145 cm³/mol. The highest BCUT2D eigenvalue weighted by molar-refractivity contribution is 5.99. The van der Waals surface area contributed by atoms with Gasteiger partial charge >= 0.3 is 0 Å². The van der Waals surface area contributed by atoms with Crippen LogP contribution in [0.25, 0.3) is 0 Å². The van der Waals surface area contributed by atoms with Gasteiger partial charge in [-0.25, -0.2) is 4.39 Å². The summed E-state index contributed by atoms with van der Waals surface area (Å²) in [5, 5.41) is 26.9. The van der Waals surface area contributed by atoms with Crippen molar-refractivity contribution < 1.29 is 23.9 Å². The van der Waals surface area contributed by atoms with Crippen LogP contribution in [0.1, 0.15) is 56.0 Å². The molecule has 10 heteroatoms. The molecule has 0 aromatic heterocycles. The summed E-state index contributed by atoms with van der Waals surface area (Å²) >= 11 is 0. The van der Waals surface area contributed by atoms with E-state index in [0.29, 0.717) is 19.4 Å². The van der Waals surface area contributed by atoms with Crippen LogP contribution in [0.4, 0.5) is 10.1 Å². The largest absolute Gasteiger partial charge is 0.373 e. The molecule has 9 nitrogen and oxygen atoms in total. The molecule has 1 spiro atoms. The predicted octanol–water partition coefficient (Wildman–Crippen LogP) is 2.77. The van der Waals surface area contributed by atoms with Crippen LogP contribution in [0.15, 0.2) is 48.5 Å². The fourth-order valence-corrected chi connectivity index (χ4v) is 6.26. The Morgan fingerprint density at radius 2 is 1.85 bits per heavy atom. The van der Waals surface area contributed by atoms with Crippen molar-refractivity contribution in [3.8, 4) is 6.07 Å². The number of nitrogens with zero attached hydrogens (tertiary/aromatic N) is 3. The van der Waals surface area contributed by atoms with Crippen molar-refractivity contribution >= 4 is 23.4 Å². The van der Waals surface area contributed by atoms with Gasteiger partial charge in [0.25, 0.3) is 5.91 Å². The van der Waals surface area contributed by atoms with Crippen molar-refractivity contribution in [1.82, 2.24) is 15.1 Å². The van der Waals surface area contributed by atoms with Crippen molar-refractivity contribution in [2.75, 3.05) is 18.4 Å². The topological polar surface area (TPSA) is 126 Å². The number of halogens is 1. The van der Waals surface area contributed by atoms with Crippen LogP contribution in [0, 0.1) is 22.6 Å². The van der Waals surface area contributed by atoms with Crippen LogP contribution in [0.3, 0.4) is 0 Å². The molecule has 5 atom stereocenters. The molecular formula is C30H34FN5O4. The summed E-state index contributed by atoms with van der Waals surface area (Å²) in [7, 11) is 0. The molecule has 210 valence electrons. The van der Waals surface area contributed by atoms with Gasteiger partial charge in [-0.3, -0.25) is 14.4 Å². The van der Waals surface area contributed by atoms with Gasteiger partial charge in [-0.1, -0.05) is 39.0 Å². The highest BCUT2D eigenvalue weighted by atomic mass is 19.1. The summed E-state index contributed by atoms with van der Waals surface area (Å²) in [6.07, 6.45) is 0.367. The Hall–Kier alpha value is -3.97. The first-order chi connectivity index (χ1) is 19.0. The number of carbonyl (C=O) groups is 3. The average molecular weight is 548 g/mol. The molecule has 0 saturated carbocycles. The number of likely N-dealkylation sites (tertiary alicyclic amines) is 2. The van der Waals surface area contributed by atoms with E-state index in [9.17, 15) is 29.1 Å². The average Bonchev–Trinajstić information content (AvgIpc) is 3.63. The number of amides is 3. The molecule has 0 radical (unpaired) electrons. The van der Waals surface area contributed by atoms with Crippen molar-refractivity contribution in [1.29, 1.82) is 5.26 Å². The van der Waals surface area contributed by atoms with Crippen LogP contribution in [-0.4, -0.2) is 70.1 Å². The number of anilines is 1. The monoisotopic (exact) mass is 547 g/mol. The fraction of sp³-hybridized carbons (Fsp3) is 0.467. The van der Waals surface area contributed by atoms with Gasteiger partial charge in [-0.2, -0.15) is 5.26 Å². The molecule has 0 bridgehead atoms. The number of hydrogen-bond donors (Lipinski definition) is 3. The second-order valence-corrected chi connectivity index (χ2v) is 12.0. The standard InChI is InChI=1S/C30H34FN5O4/c1-29(2,3)24(34-25(37)18-10-12-19(31)13-11-18)27(39)35-14-6-9-23(35)26(38)36-17-30(15-20(36)16-32)21-7-4-5-8-22(21)33-28(30)40/h4-5,7-8,10-13,20,23-24,28,33,40H,6,9,14-15,17H2,1-3H3,(H,34,37)/t20-,23-,24?,28?,30-/m0/s1. The third kappa shape index (κ3) is 4.68. The lowest BCUT2D eigenvalue weighted by Gasteiger charge is -2.36. The molecule has 2 unspecified atom stereocenters. The first-order valence-corrected chi connectivity index (χ1v) is 13.6. The number of benzene rings is 2. The van der Waals surface area contributed by atoms with Gasteiger partial charge in [-0.15, -0.1) is 0 Å². The van der Waals surface area contributed by atoms with Gasteiger partial charge in [0.15, 0.2) is 0 Å². The molecule has 5 rings (SSSR count). The second kappa shape index (κ2) is 10.2. The van der Waals surface area contributed by atoms with Gasteiger partial charge < -0.3 is 25.5 Å². The van der Waals surface area contributed by atoms with Gasteiger partial charge in [-0.05, 0) is 60.6 Å². The Balaban J connectivity index is 1.38. The van der Waals surface area contributed by atoms with Gasteiger partial charge in [0.05, 0.1) is 11.5 Å². The molecule has 2 aromatic rings. The third-order valence-electron chi connectivity index (χ3n) is 8.41. The number of nitrogens with one attached hydrogen (secondary N) is 2. The molecule has 3 aliphatic heterocycles. The zero-order valence-electron chi connectivity index (χ0n) is 22.9. The van der Waals surface area contributed by atoms with E-state index in [1.807, 2.05) is 45.0 Å². The van der Waals surface area contributed by atoms with E-state index in [2.05, 4.69) is 16.7 Å². The smallest absolute Gasteiger partial charge is 0.251 e. The second-order valence-electron chi connectivity index (χ2n) is 12.0. The molecule has 2 saturated heterocycles. The highest BCUT2D eigenvalue weighted by Crippen LogP contribution is 2.48. The Labute approximate surface area is 232 Å². The van der Waals surface area contributed by atoms with Crippen molar-refractivity contribution in [2.24, 2.45) is 5.41 Å². The van der Waals surface area contributed by atoms with Crippen molar-refractivity contribution in [3.63, 3.8) is 0 Å². The number of nitriles is 1. The normalized spacial score (nSPS) is 26.2. The minimum Gasteiger partial charge on any atom is -0.373 e. The maximum Gasteiger partial charge on any atom is 0.251 e. The number of para-hydroxylation sites is 1. The number of rotatable bonds is 4. The zero-order valence-corrected chi connectivity index (χ0v) is 22.9. The number of hydrogen-bond acceptors (Lipinski definition) is 6. The number of aliphatic hydroxyl groups is 1. The molecule has 3 heterocycles. The molecule has 40 heavy (non-hydrogen) atoms. The summed E-state index contributed by atoms with van der Waals surface area (Å²) in [4.78, 5) is 43.9. The van der Waals surface area contributed by atoms with Crippen LogP contribution >= 0.6 is 0 Å². The van der Waals surface area contributed by atoms with E-state index >= 15 is 0 Å². The Kier molecular flexibility index (Phi) is 7.04. The summed E-state index contributed by atoms with van der Waals surface area (Å²) < 4.78 is 13.4. The number of aliphatic hydroxyl groups excluding tert-OH is 1. The lowest BCUT2D eigenvalue weighted by Crippen LogP contribution is -2.58. The van der Waals surface area contributed by atoms with Gasteiger partial charge in [0.2, 0.25) is 11.8 Å². The maximum atomic E-state index is 14.0. The lowest BCUT2D eigenvalue weighted by atomic mass is 9.79. The molecule has 3 N–H and O–H groups in total. The SMILES string of the molecule is CC(C)(C)C(NC(=O)c1ccc(F)cc1)C(=O)N1CCC[C@H]1C(=O)N1C[C@@]2(C[C@H]1C#N)c1ccccc1NC2O. The van der Waals surface area contributed by atoms with E-state index in [0.717, 1.165) is 11.3 Å². The Morgan fingerprint density at radius 1 is 1.15 bits per heavy atom. The number of carbonyl (C=O) groups excluding carboxylic acids is 3. The Bertz CT molecular complexity index is 1370. The molecule has 3 aliphatic rings. The van der Waals surface area contributed by atoms with Gasteiger partial charge in [0, 0.05) is 24.3 Å². The fourth-order valence-electron chi connectivity index (χ4n) is 6.26. The molecule has 2 aromatic carbocycles. The highest BCUT2D eigenvalue weighted by Gasteiger charge is 2.56. The third-order valence-corrected chi connectivity index (χ3v) is 8.41. The minimum absolute atomic E-state index is 0.151. The van der Waals surface area contributed by atoms with Crippen LogP contribution in [-0.2, 0) is 15.0 Å². The van der Waals surface area contributed by atoms with E-state index in [1.54, 1.807) is 0 Å². The van der Waals surface area contributed by atoms with E-state index < -0.39 is 46.9 Å². The molecule has 2 fully saturated rings. The summed E-state index contributed by atoms with van der Waals surface area (Å²) in [5.74, 6) is -1.69. The summed E-state index contributed by atoms with van der Waals surface area (Å²) in [6.45, 7) is 5.98. The molecular weight excluding hydrogens is 513 g/mol. The van der Waals surface area contributed by atoms with Crippen LogP contribution < -0.4 is 10.6 Å². The van der Waals surface area contributed by atoms with Crippen molar-refractivity contribution in [2.45, 2.75) is 69.8 Å². The maximum absolute atomic E-state index is 14.0. The van der Waals surface area contributed by atoms with E-state index in [-0.39, 0.29) is 30.3 Å². The quantitative estimate of drug-likeness (QED) is 0.541. The zero-order chi connectivity index (χ0) is 28.8. The lowest BCUT2D eigenvalue weighted by molar-refractivity contribution is -0.146.